The van der Waals surface area contributed by atoms with Gasteiger partial charge < -0.3 is 19.5 Å². The minimum absolute atomic E-state index is 0.231. The summed E-state index contributed by atoms with van der Waals surface area (Å²) in [5, 5.41) is 5.20. The summed E-state index contributed by atoms with van der Waals surface area (Å²) in [4.78, 5) is 27.5. The Kier molecular flexibility index (Phi) is 6.48. The number of ether oxygens (including phenoxy) is 3. The van der Waals surface area contributed by atoms with Crippen molar-refractivity contribution in [1.82, 2.24) is 19.9 Å². The third kappa shape index (κ3) is 5.46. The molecule has 0 saturated heterocycles. The third-order valence-electron chi connectivity index (χ3n) is 4.58. The Labute approximate surface area is 196 Å². The van der Waals surface area contributed by atoms with Crippen LogP contribution in [-0.4, -0.2) is 40.2 Å². The molecule has 0 aliphatic rings. The number of fused-ring (bicyclic) bond motifs is 1. The van der Waals surface area contributed by atoms with Gasteiger partial charge in [-0.1, -0.05) is 6.07 Å². The van der Waals surface area contributed by atoms with Crippen LogP contribution in [0.2, 0.25) is 0 Å². The van der Waals surface area contributed by atoms with Crippen molar-refractivity contribution in [2.24, 2.45) is 0 Å². The van der Waals surface area contributed by atoms with Gasteiger partial charge in [0.2, 0.25) is 11.8 Å². The highest BCUT2D eigenvalue weighted by atomic mass is 19.4. The van der Waals surface area contributed by atoms with Crippen molar-refractivity contribution in [1.29, 1.82) is 0 Å². The summed E-state index contributed by atoms with van der Waals surface area (Å²) in [6.07, 6.45) is -2.44. The number of aromatic nitrogens is 4. The Balaban J connectivity index is 1.51. The van der Waals surface area contributed by atoms with Crippen molar-refractivity contribution in [3.05, 3.63) is 60.7 Å². The molecule has 0 aliphatic carbocycles. The highest BCUT2D eigenvalue weighted by Gasteiger charge is 2.32. The Morgan fingerprint density at radius 3 is 2.46 bits per heavy atom. The number of rotatable bonds is 6. The van der Waals surface area contributed by atoms with Crippen LogP contribution in [0.3, 0.4) is 0 Å². The van der Waals surface area contributed by atoms with Gasteiger partial charge in [0.25, 0.3) is 0 Å². The van der Waals surface area contributed by atoms with Gasteiger partial charge in [-0.2, -0.15) is 13.2 Å². The molecular formula is C22H17F3N6O4. The highest BCUT2D eigenvalue weighted by molar-refractivity contribution is 5.98. The van der Waals surface area contributed by atoms with Crippen LogP contribution in [0.5, 0.6) is 23.1 Å². The van der Waals surface area contributed by atoms with E-state index in [1.165, 1.54) is 26.6 Å². The van der Waals surface area contributed by atoms with Gasteiger partial charge in [-0.05, 0) is 24.3 Å². The molecule has 0 bridgehead atoms. The number of alkyl halides is 3. The van der Waals surface area contributed by atoms with Gasteiger partial charge in [-0.15, -0.1) is 0 Å². The smallest absolute Gasteiger partial charge is 0.433 e. The summed E-state index contributed by atoms with van der Waals surface area (Å²) in [6.45, 7) is 0. The predicted octanol–water partition coefficient (Wildman–Crippen LogP) is 4.89. The van der Waals surface area contributed by atoms with Crippen LogP contribution in [0.25, 0.3) is 10.9 Å². The Morgan fingerprint density at radius 2 is 1.71 bits per heavy atom. The Bertz CT molecular complexity index is 1380. The molecular weight excluding hydrogens is 469 g/mol. The number of nitrogens with zero attached hydrogens (tertiary/aromatic N) is 4. The van der Waals surface area contributed by atoms with E-state index in [0.29, 0.717) is 39.9 Å². The fraction of sp³-hybridized carbons (Fsp3) is 0.136. The van der Waals surface area contributed by atoms with E-state index in [0.717, 1.165) is 6.20 Å². The number of carbonyl (C=O) groups is 1. The molecule has 0 spiro atoms. The molecule has 4 rings (SSSR count). The predicted molar refractivity (Wildman–Crippen MR) is 119 cm³/mol. The number of nitrogens with one attached hydrogen (secondary N) is 2. The first-order valence-electron chi connectivity index (χ1n) is 9.89. The second kappa shape index (κ2) is 9.67. The molecule has 0 aliphatic heterocycles. The van der Waals surface area contributed by atoms with Crippen molar-refractivity contribution < 1.29 is 32.2 Å². The first-order valence-corrected chi connectivity index (χ1v) is 9.89. The van der Waals surface area contributed by atoms with Gasteiger partial charge in [0.15, 0.2) is 11.5 Å². The number of hydrogen-bond acceptors (Lipinski definition) is 8. The number of benzene rings is 2. The summed E-state index contributed by atoms with van der Waals surface area (Å²) in [5.41, 5.74) is -0.323. The second-order valence-corrected chi connectivity index (χ2v) is 6.88. The molecule has 13 heteroatoms. The van der Waals surface area contributed by atoms with E-state index in [2.05, 4.69) is 30.6 Å². The maximum Gasteiger partial charge on any atom is 0.433 e. The summed E-state index contributed by atoms with van der Waals surface area (Å²) in [7, 11) is 3.01. The van der Waals surface area contributed by atoms with Crippen LogP contribution in [0.4, 0.5) is 29.6 Å². The lowest BCUT2D eigenvalue weighted by Gasteiger charge is -2.12. The number of halogens is 3. The van der Waals surface area contributed by atoms with Crippen molar-refractivity contribution in [3.63, 3.8) is 0 Å². The van der Waals surface area contributed by atoms with Crippen molar-refractivity contribution in [2.75, 3.05) is 24.9 Å². The molecule has 10 nitrogen and oxygen atoms in total. The van der Waals surface area contributed by atoms with Gasteiger partial charge >= 0.3 is 12.2 Å². The molecule has 2 amide bonds. The molecule has 0 unspecified atom stereocenters. The minimum Gasteiger partial charge on any atom is -0.493 e. The number of amides is 2. The van der Waals surface area contributed by atoms with E-state index >= 15 is 0 Å². The molecule has 0 atom stereocenters. The maximum atomic E-state index is 12.8. The van der Waals surface area contributed by atoms with Gasteiger partial charge in [0.05, 0.1) is 25.1 Å². The topological polar surface area (TPSA) is 120 Å². The van der Waals surface area contributed by atoms with E-state index in [9.17, 15) is 18.0 Å². The lowest BCUT2D eigenvalue weighted by molar-refractivity contribution is -0.141. The summed E-state index contributed by atoms with van der Waals surface area (Å²) in [5.74, 6) is 1.01. The van der Waals surface area contributed by atoms with Crippen LogP contribution in [0, 0.1) is 0 Å². The molecule has 35 heavy (non-hydrogen) atoms. The number of hydrogen-bond donors (Lipinski definition) is 2. The van der Waals surface area contributed by atoms with E-state index in [4.69, 9.17) is 14.2 Å². The summed E-state index contributed by atoms with van der Waals surface area (Å²) in [6, 6.07) is 9.52. The quantitative estimate of drug-likeness (QED) is 0.395. The first kappa shape index (κ1) is 23.5. The number of anilines is 2. The SMILES string of the molecule is COc1cc2ncnc(Oc3cccc(NC(=O)Nc4nccc(C(F)(F)F)n4)c3)c2cc1OC. The summed E-state index contributed by atoms with van der Waals surface area (Å²) >= 11 is 0. The zero-order valence-corrected chi connectivity index (χ0v) is 18.3. The lowest BCUT2D eigenvalue weighted by Crippen LogP contribution is -2.22. The molecule has 180 valence electrons. The number of methoxy groups -OCH3 is 2. The molecule has 2 N–H and O–H groups in total. The molecule has 2 aromatic carbocycles. The molecule has 0 saturated carbocycles. The van der Waals surface area contributed by atoms with E-state index in [1.54, 1.807) is 30.3 Å². The molecule has 0 radical (unpaired) electrons. The highest BCUT2D eigenvalue weighted by Crippen LogP contribution is 2.36. The average Bonchev–Trinajstić information content (AvgIpc) is 2.83. The molecule has 4 aromatic rings. The van der Waals surface area contributed by atoms with E-state index < -0.39 is 23.8 Å². The minimum atomic E-state index is -4.66. The van der Waals surface area contributed by atoms with Crippen LogP contribution in [0.15, 0.2) is 55.0 Å². The summed E-state index contributed by atoms with van der Waals surface area (Å²) < 4.78 is 54.9. The zero-order valence-electron chi connectivity index (χ0n) is 18.3. The van der Waals surface area contributed by atoms with Crippen LogP contribution in [-0.2, 0) is 6.18 Å². The molecule has 0 fully saturated rings. The number of urea groups is 1. The standard InChI is InChI=1S/C22H17F3N6O4/c1-33-16-9-14-15(10-17(16)34-2)27-11-28-19(14)35-13-5-3-4-12(8-13)29-21(32)31-20-26-7-6-18(30-20)22(23,24)25/h3-11H,1-2H3,(H2,26,29,30,31,32). The van der Waals surface area contributed by atoms with Crippen molar-refractivity contribution >= 4 is 28.6 Å². The van der Waals surface area contributed by atoms with E-state index in [1.807, 2.05) is 0 Å². The molecule has 2 heterocycles. The van der Waals surface area contributed by atoms with Gasteiger partial charge in [0, 0.05) is 24.0 Å². The van der Waals surface area contributed by atoms with Gasteiger partial charge in [-0.25, -0.2) is 24.7 Å². The van der Waals surface area contributed by atoms with Crippen LogP contribution >= 0.6 is 0 Å². The van der Waals surface area contributed by atoms with Crippen molar-refractivity contribution in [2.45, 2.75) is 6.18 Å². The van der Waals surface area contributed by atoms with Crippen LogP contribution in [0.1, 0.15) is 5.69 Å². The van der Waals surface area contributed by atoms with Gasteiger partial charge in [-0.3, -0.25) is 5.32 Å². The largest absolute Gasteiger partial charge is 0.493 e. The third-order valence-corrected chi connectivity index (χ3v) is 4.58. The normalized spacial score (nSPS) is 11.1. The average molecular weight is 486 g/mol. The monoisotopic (exact) mass is 486 g/mol. The Hall–Kier alpha value is -4.68. The van der Waals surface area contributed by atoms with Gasteiger partial charge in [0.1, 0.15) is 17.8 Å². The maximum absolute atomic E-state index is 12.8. The zero-order chi connectivity index (χ0) is 25.0. The number of carbonyl (C=O) groups excluding carboxylic acids is 1. The van der Waals surface area contributed by atoms with E-state index in [-0.39, 0.29) is 5.88 Å². The fourth-order valence-corrected chi connectivity index (χ4v) is 3.03. The lowest BCUT2D eigenvalue weighted by atomic mass is 10.2. The fourth-order valence-electron chi connectivity index (χ4n) is 3.03. The van der Waals surface area contributed by atoms with Crippen LogP contribution < -0.4 is 24.8 Å². The molecule has 2 aromatic heterocycles. The second-order valence-electron chi connectivity index (χ2n) is 6.88. The first-order chi connectivity index (χ1) is 16.8. The Morgan fingerprint density at radius 1 is 0.943 bits per heavy atom. The van der Waals surface area contributed by atoms with Crippen molar-refractivity contribution in [3.8, 4) is 23.1 Å².